The zero-order valence-electron chi connectivity index (χ0n) is 10.8. The van der Waals surface area contributed by atoms with E-state index in [1.54, 1.807) is 12.1 Å². The Morgan fingerprint density at radius 2 is 2.06 bits per heavy atom. The Kier molecular flexibility index (Phi) is 6.14. The normalized spacial score (nSPS) is 14.6. The maximum absolute atomic E-state index is 13.1. The van der Waals surface area contributed by atoms with Crippen LogP contribution in [-0.2, 0) is 6.54 Å². The van der Waals surface area contributed by atoms with E-state index in [1.807, 2.05) is 0 Å². The maximum atomic E-state index is 13.1. The fourth-order valence-corrected chi connectivity index (χ4v) is 2.20. The van der Waals surface area contributed by atoms with Gasteiger partial charge in [-0.15, -0.1) is 0 Å². The van der Waals surface area contributed by atoms with Crippen LogP contribution in [0.15, 0.2) is 22.7 Å². The van der Waals surface area contributed by atoms with Crippen molar-refractivity contribution in [1.82, 2.24) is 5.32 Å². The Labute approximate surface area is 112 Å². The minimum atomic E-state index is -0.181. The fraction of sp³-hybridized carbons (Fsp3) is 0.571. The van der Waals surface area contributed by atoms with Crippen LogP contribution in [-0.4, -0.2) is 6.04 Å². The molecule has 0 radical (unpaired) electrons. The highest BCUT2D eigenvalue weighted by Crippen LogP contribution is 2.18. The van der Waals surface area contributed by atoms with Gasteiger partial charge in [0.1, 0.15) is 5.82 Å². The average molecular weight is 302 g/mol. The summed E-state index contributed by atoms with van der Waals surface area (Å²) < 4.78 is 14.0. The molecule has 0 amide bonds. The standard InChI is InChI=1S/C14H21BrFN/c1-4-10(2)7-11(3)17-9-12-8-13(16)5-6-14(12)15/h5-6,8,10-11,17H,4,7,9H2,1-3H3. The lowest BCUT2D eigenvalue weighted by Crippen LogP contribution is -2.27. The van der Waals surface area contributed by atoms with Gasteiger partial charge in [-0.3, -0.25) is 0 Å². The highest BCUT2D eigenvalue weighted by atomic mass is 79.9. The second kappa shape index (κ2) is 7.12. The molecule has 0 spiro atoms. The second-order valence-corrected chi connectivity index (χ2v) is 5.62. The monoisotopic (exact) mass is 301 g/mol. The Hall–Kier alpha value is -0.410. The van der Waals surface area contributed by atoms with E-state index in [1.165, 1.54) is 12.5 Å². The molecule has 1 aromatic carbocycles. The van der Waals surface area contributed by atoms with Crippen molar-refractivity contribution >= 4 is 15.9 Å². The van der Waals surface area contributed by atoms with Crippen LogP contribution in [0.2, 0.25) is 0 Å². The van der Waals surface area contributed by atoms with Crippen molar-refractivity contribution in [2.24, 2.45) is 5.92 Å². The van der Waals surface area contributed by atoms with Gasteiger partial charge in [0.05, 0.1) is 0 Å². The lowest BCUT2D eigenvalue weighted by molar-refractivity contribution is 0.411. The summed E-state index contributed by atoms with van der Waals surface area (Å²) >= 11 is 3.44. The van der Waals surface area contributed by atoms with Crippen molar-refractivity contribution in [2.75, 3.05) is 0 Å². The van der Waals surface area contributed by atoms with Crippen LogP contribution in [0.4, 0.5) is 4.39 Å². The van der Waals surface area contributed by atoms with Crippen LogP contribution >= 0.6 is 15.9 Å². The SMILES string of the molecule is CCC(C)CC(C)NCc1cc(F)ccc1Br. The number of benzene rings is 1. The van der Waals surface area contributed by atoms with Gasteiger partial charge < -0.3 is 5.32 Å². The quantitative estimate of drug-likeness (QED) is 0.815. The number of nitrogens with one attached hydrogen (secondary N) is 1. The van der Waals surface area contributed by atoms with E-state index >= 15 is 0 Å². The molecule has 0 saturated heterocycles. The molecule has 0 aliphatic carbocycles. The summed E-state index contributed by atoms with van der Waals surface area (Å²) in [6.07, 6.45) is 2.36. The van der Waals surface area contributed by atoms with Gasteiger partial charge in [0, 0.05) is 17.1 Å². The van der Waals surface area contributed by atoms with Crippen molar-refractivity contribution < 1.29 is 4.39 Å². The van der Waals surface area contributed by atoms with Crippen LogP contribution in [0.5, 0.6) is 0 Å². The van der Waals surface area contributed by atoms with Crippen LogP contribution in [0.3, 0.4) is 0 Å². The minimum Gasteiger partial charge on any atom is -0.310 e. The van der Waals surface area contributed by atoms with Gasteiger partial charge in [0.2, 0.25) is 0 Å². The highest BCUT2D eigenvalue weighted by molar-refractivity contribution is 9.10. The molecule has 2 unspecified atom stereocenters. The summed E-state index contributed by atoms with van der Waals surface area (Å²) in [5.41, 5.74) is 0.973. The summed E-state index contributed by atoms with van der Waals surface area (Å²) in [6.45, 7) is 7.35. The van der Waals surface area contributed by atoms with Crippen molar-refractivity contribution in [1.29, 1.82) is 0 Å². The molecule has 2 atom stereocenters. The molecule has 1 aromatic rings. The molecular weight excluding hydrogens is 281 g/mol. The molecule has 0 heterocycles. The molecular formula is C14H21BrFN. The first-order chi connectivity index (χ1) is 8.02. The van der Waals surface area contributed by atoms with E-state index in [4.69, 9.17) is 0 Å². The molecule has 0 aliphatic heterocycles. The molecule has 17 heavy (non-hydrogen) atoms. The molecule has 1 nitrogen and oxygen atoms in total. The number of hydrogen-bond acceptors (Lipinski definition) is 1. The predicted octanol–water partition coefficient (Wildman–Crippen LogP) is 4.50. The maximum Gasteiger partial charge on any atom is 0.123 e. The van der Waals surface area contributed by atoms with Gasteiger partial charge in [0.25, 0.3) is 0 Å². The van der Waals surface area contributed by atoms with Crippen molar-refractivity contribution in [2.45, 2.75) is 46.2 Å². The van der Waals surface area contributed by atoms with Crippen LogP contribution in [0.25, 0.3) is 0 Å². The lowest BCUT2D eigenvalue weighted by Gasteiger charge is -2.18. The van der Waals surface area contributed by atoms with Crippen LogP contribution < -0.4 is 5.32 Å². The average Bonchev–Trinajstić information content (AvgIpc) is 2.30. The van der Waals surface area contributed by atoms with E-state index in [2.05, 4.69) is 42.0 Å². The van der Waals surface area contributed by atoms with Crippen molar-refractivity contribution in [3.63, 3.8) is 0 Å². The number of rotatable bonds is 6. The number of halogens is 2. The largest absolute Gasteiger partial charge is 0.310 e. The minimum absolute atomic E-state index is 0.181. The molecule has 1 rings (SSSR count). The summed E-state index contributed by atoms with van der Waals surface area (Å²) in [4.78, 5) is 0. The Balaban J connectivity index is 2.47. The molecule has 0 saturated carbocycles. The zero-order chi connectivity index (χ0) is 12.8. The third-order valence-electron chi connectivity index (χ3n) is 3.10. The summed E-state index contributed by atoms with van der Waals surface area (Å²) in [7, 11) is 0. The topological polar surface area (TPSA) is 12.0 Å². The molecule has 0 fully saturated rings. The molecule has 0 aromatic heterocycles. The molecule has 3 heteroatoms. The second-order valence-electron chi connectivity index (χ2n) is 4.77. The van der Waals surface area contributed by atoms with E-state index in [-0.39, 0.29) is 5.82 Å². The van der Waals surface area contributed by atoms with Crippen LogP contribution in [0.1, 0.15) is 39.2 Å². The van der Waals surface area contributed by atoms with E-state index in [9.17, 15) is 4.39 Å². The van der Waals surface area contributed by atoms with Gasteiger partial charge in [-0.25, -0.2) is 4.39 Å². The lowest BCUT2D eigenvalue weighted by atomic mass is 10.0. The number of hydrogen-bond donors (Lipinski definition) is 1. The first-order valence-electron chi connectivity index (χ1n) is 6.20. The Morgan fingerprint density at radius 3 is 2.71 bits per heavy atom. The molecule has 96 valence electrons. The third-order valence-corrected chi connectivity index (χ3v) is 3.88. The van der Waals surface area contributed by atoms with E-state index < -0.39 is 0 Å². The summed E-state index contributed by atoms with van der Waals surface area (Å²) in [6, 6.07) is 5.26. The summed E-state index contributed by atoms with van der Waals surface area (Å²) in [5, 5.41) is 3.44. The van der Waals surface area contributed by atoms with Crippen molar-refractivity contribution in [3.05, 3.63) is 34.1 Å². The Bertz CT molecular complexity index is 354. The molecule has 1 N–H and O–H groups in total. The first-order valence-corrected chi connectivity index (χ1v) is 6.99. The molecule has 0 aliphatic rings. The fourth-order valence-electron chi connectivity index (χ4n) is 1.82. The Morgan fingerprint density at radius 1 is 1.35 bits per heavy atom. The zero-order valence-corrected chi connectivity index (χ0v) is 12.3. The van der Waals surface area contributed by atoms with Gasteiger partial charge in [-0.2, -0.15) is 0 Å². The molecule has 0 bridgehead atoms. The van der Waals surface area contributed by atoms with Crippen molar-refractivity contribution in [3.8, 4) is 0 Å². The van der Waals surface area contributed by atoms with Gasteiger partial charge >= 0.3 is 0 Å². The van der Waals surface area contributed by atoms with E-state index in [0.29, 0.717) is 12.6 Å². The predicted molar refractivity (Wildman–Crippen MR) is 74.5 cm³/mol. The van der Waals surface area contributed by atoms with Gasteiger partial charge in [-0.05, 0) is 43.0 Å². The van der Waals surface area contributed by atoms with Gasteiger partial charge in [-0.1, -0.05) is 36.2 Å². The van der Waals surface area contributed by atoms with Gasteiger partial charge in [0.15, 0.2) is 0 Å². The highest BCUT2D eigenvalue weighted by Gasteiger charge is 2.08. The smallest absolute Gasteiger partial charge is 0.123 e. The first kappa shape index (κ1) is 14.7. The van der Waals surface area contributed by atoms with Crippen LogP contribution in [0, 0.1) is 11.7 Å². The summed E-state index contributed by atoms with van der Waals surface area (Å²) in [5.74, 6) is 0.549. The van der Waals surface area contributed by atoms with E-state index in [0.717, 1.165) is 22.4 Å². The third kappa shape index (κ3) is 5.17.